The number of rotatable bonds is 2. The average molecular weight is 338 g/mol. The molecule has 0 heterocycles. The first-order valence-corrected chi connectivity index (χ1v) is 6.78. The van der Waals surface area contributed by atoms with E-state index < -0.39 is 40.5 Å². The van der Waals surface area contributed by atoms with Crippen molar-refractivity contribution in [1.82, 2.24) is 0 Å². The van der Waals surface area contributed by atoms with Crippen molar-refractivity contribution >= 4 is 0 Å². The summed E-state index contributed by atoms with van der Waals surface area (Å²) in [6.45, 7) is 0. The first-order valence-electron chi connectivity index (χ1n) is 6.78. The molecular formula is C18H8F6. The van der Waals surface area contributed by atoms with Crippen LogP contribution >= 0.6 is 0 Å². The summed E-state index contributed by atoms with van der Waals surface area (Å²) >= 11 is 0. The lowest BCUT2D eigenvalue weighted by Crippen LogP contribution is -2.04. The van der Waals surface area contributed by atoms with Crippen molar-refractivity contribution in [3.05, 3.63) is 83.4 Å². The molecule has 0 aliphatic heterocycles. The molecule has 0 aliphatic carbocycles. The molecule has 0 saturated heterocycles. The van der Waals surface area contributed by atoms with Gasteiger partial charge in [0, 0.05) is 5.56 Å². The molecule has 122 valence electrons. The normalized spacial score (nSPS) is 10.9. The zero-order valence-corrected chi connectivity index (χ0v) is 11.9. The predicted octanol–water partition coefficient (Wildman–Crippen LogP) is 5.86. The Morgan fingerprint density at radius 2 is 1.04 bits per heavy atom. The van der Waals surface area contributed by atoms with Crippen LogP contribution in [0.1, 0.15) is 0 Å². The van der Waals surface area contributed by atoms with Gasteiger partial charge in [-0.1, -0.05) is 36.4 Å². The number of hydrogen-bond acceptors (Lipinski definition) is 0. The van der Waals surface area contributed by atoms with E-state index in [0.29, 0.717) is 0 Å². The standard InChI is InChI=1S/C18H8F6/c19-12-7-2-1-6-11(12)9-4-3-5-10(8-9)13-14(20)16(22)18(24)17(23)15(13)21/h1-8H. The SMILES string of the molecule is Fc1ccccc1-c1cccc(-c2c(F)c(F)c(F)c(F)c2F)c1. The largest absolute Gasteiger partial charge is 0.206 e. The highest BCUT2D eigenvalue weighted by Crippen LogP contribution is 2.34. The molecule has 3 rings (SSSR count). The van der Waals surface area contributed by atoms with Gasteiger partial charge in [-0.05, 0) is 23.3 Å². The predicted molar refractivity (Wildman–Crippen MR) is 77.1 cm³/mol. The van der Waals surface area contributed by atoms with Crippen molar-refractivity contribution in [2.24, 2.45) is 0 Å². The molecule has 3 aromatic carbocycles. The Kier molecular flexibility index (Phi) is 4.05. The van der Waals surface area contributed by atoms with E-state index in [1.807, 2.05) is 0 Å². The molecule has 3 aromatic rings. The van der Waals surface area contributed by atoms with Crippen molar-refractivity contribution in [1.29, 1.82) is 0 Å². The van der Waals surface area contributed by atoms with Crippen LogP contribution in [0.3, 0.4) is 0 Å². The van der Waals surface area contributed by atoms with E-state index in [9.17, 15) is 26.3 Å². The molecular weight excluding hydrogens is 330 g/mol. The molecule has 0 aliphatic rings. The number of halogens is 6. The third kappa shape index (κ3) is 2.54. The van der Waals surface area contributed by atoms with Crippen LogP contribution in [-0.2, 0) is 0 Å². The first-order chi connectivity index (χ1) is 11.4. The Labute approximate surface area is 133 Å². The summed E-state index contributed by atoms with van der Waals surface area (Å²) in [5.74, 6) is -10.7. The number of hydrogen-bond donors (Lipinski definition) is 0. The quantitative estimate of drug-likeness (QED) is 0.312. The highest BCUT2D eigenvalue weighted by molar-refractivity contribution is 5.74. The van der Waals surface area contributed by atoms with Crippen LogP contribution in [0, 0.1) is 34.9 Å². The van der Waals surface area contributed by atoms with Gasteiger partial charge in [0.15, 0.2) is 23.3 Å². The van der Waals surface area contributed by atoms with Crippen molar-refractivity contribution in [3.8, 4) is 22.3 Å². The summed E-state index contributed by atoms with van der Waals surface area (Å²) in [6, 6.07) is 10.8. The van der Waals surface area contributed by atoms with E-state index in [2.05, 4.69) is 0 Å². The molecule has 0 saturated carbocycles. The summed E-state index contributed by atoms with van der Waals surface area (Å²) < 4.78 is 81.5. The molecule has 0 radical (unpaired) electrons. The van der Waals surface area contributed by atoms with Gasteiger partial charge in [-0.3, -0.25) is 0 Å². The van der Waals surface area contributed by atoms with Crippen LogP contribution in [0.2, 0.25) is 0 Å². The maximum Gasteiger partial charge on any atom is 0.200 e. The molecule has 0 nitrogen and oxygen atoms in total. The summed E-state index contributed by atoms with van der Waals surface area (Å²) in [5, 5.41) is 0. The molecule has 0 spiro atoms. The van der Waals surface area contributed by atoms with E-state index in [0.717, 1.165) is 6.07 Å². The molecule has 0 unspecified atom stereocenters. The van der Waals surface area contributed by atoms with Gasteiger partial charge in [0.1, 0.15) is 5.82 Å². The van der Waals surface area contributed by atoms with Crippen LogP contribution in [0.5, 0.6) is 0 Å². The van der Waals surface area contributed by atoms with Gasteiger partial charge < -0.3 is 0 Å². The second-order valence-corrected chi connectivity index (χ2v) is 5.01. The van der Waals surface area contributed by atoms with Crippen LogP contribution in [0.25, 0.3) is 22.3 Å². The van der Waals surface area contributed by atoms with Gasteiger partial charge in [0.2, 0.25) is 5.82 Å². The van der Waals surface area contributed by atoms with E-state index in [-0.39, 0.29) is 16.7 Å². The summed E-state index contributed by atoms with van der Waals surface area (Å²) in [5.41, 5.74) is -0.911. The van der Waals surface area contributed by atoms with Gasteiger partial charge in [-0.25, -0.2) is 26.3 Å². The minimum atomic E-state index is -2.22. The second kappa shape index (κ2) is 6.03. The number of benzene rings is 3. The average Bonchev–Trinajstić information content (AvgIpc) is 2.59. The fourth-order valence-electron chi connectivity index (χ4n) is 2.40. The Balaban J connectivity index is 2.23. The Morgan fingerprint density at radius 3 is 1.67 bits per heavy atom. The molecule has 0 fully saturated rings. The maximum absolute atomic E-state index is 13.9. The highest BCUT2D eigenvalue weighted by atomic mass is 19.2. The van der Waals surface area contributed by atoms with Gasteiger partial charge >= 0.3 is 0 Å². The van der Waals surface area contributed by atoms with Crippen LogP contribution in [0.15, 0.2) is 48.5 Å². The summed E-state index contributed by atoms with van der Waals surface area (Å²) in [7, 11) is 0. The van der Waals surface area contributed by atoms with Gasteiger partial charge in [-0.2, -0.15) is 0 Å². The first kappa shape index (κ1) is 16.1. The van der Waals surface area contributed by atoms with Crippen LogP contribution in [-0.4, -0.2) is 0 Å². The molecule has 6 heteroatoms. The van der Waals surface area contributed by atoms with E-state index in [1.165, 1.54) is 36.4 Å². The van der Waals surface area contributed by atoms with Crippen LogP contribution < -0.4 is 0 Å². The minimum absolute atomic E-state index is 0.142. The van der Waals surface area contributed by atoms with Gasteiger partial charge in [0.05, 0.1) is 5.56 Å². The second-order valence-electron chi connectivity index (χ2n) is 5.01. The molecule has 0 atom stereocenters. The van der Waals surface area contributed by atoms with Gasteiger partial charge in [0.25, 0.3) is 0 Å². The molecule has 0 aromatic heterocycles. The third-order valence-electron chi connectivity index (χ3n) is 3.55. The van der Waals surface area contributed by atoms with Gasteiger partial charge in [-0.15, -0.1) is 0 Å². The summed E-state index contributed by atoms with van der Waals surface area (Å²) in [6.07, 6.45) is 0. The van der Waals surface area contributed by atoms with Crippen molar-refractivity contribution < 1.29 is 26.3 Å². The van der Waals surface area contributed by atoms with E-state index in [1.54, 1.807) is 6.07 Å². The summed E-state index contributed by atoms with van der Waals surface area (Å²) in [4.78, 5) is 0. The molecule has 0 bridgehead atoms. The molecule has 0 N–H and O–H groups in total. The fraction of sp³-hybridized carbons (Fsp3) is 0. The topological polar surface area (TPSA) is 0 Å². The monoisotopic (exact) mass is 338 g/mol. The molecule has 24 heavy (non-hydrogen) atoms. The van der Waals surface area contributed by atoms with Crippen molar-refractivity contribution in [2.75, 3.05) is 0 Å². The van der Waals surface area contributed by atoms with Crippen molar-refractivity contribution in [2.45, 2.75) is 0 Å². The fourth-order valence-corrected chi connectivity index (χ4v) is 2.40. The van der Waals surface area contributed by atoms with Crippen molar-refractivity contribution in [3.63, 3.8) is 0 Å². The lowest BCUT2D eigenvalue weighted by molar-refractivity contribution is 0.381. The molecule has 0 amide bonds. The van der Waals surface area contributed by atoms with Crippen LogP contribution in [0.4, 0.5) is 26.3 Å². The highest BCUT2D eigenvalue weighted by Gasteiger charge is 2.26. The minimum Gasteiger partial charge on any atom is -0.206 e. The zero-order chi connectivity index (χ0) is 17.4. The lowest BCUT2D eigenvalue weighted by atomic mass is 9.97. The Morgan fingerprint density at radius 1 is 0.500 bits per heavy atom. The Bertz CT molecular complexity index is 904. The smallest absolute Gasteiger partial charge is 0.200 e. The third-order valence-corrected chi connectivity index (χ3v) is 3.55. The Hall–Kier alpha value is -2.76. The van der Waals surface area contributed by atoms with E-state index in [4.69, 9.17) is 0 Å². The maximum atomic E-state index is 13.9. The lowest BCUT2D eigenvalue weighted by Gasteiger charge is -2.10. The van der Waals surface area contributed by atoms with E-state index >= 15 is 0 Å². The zero-order valence-electron chi connectivity index (χ0n) is 11.9.